The maximum atomic E-state index is 13.6. The number of piperidine rings is 1. The number of carbonyl (C=O) groups is 1. The number of amides is 1. The van der Waals surface area contributed by atoms with Crippen LogP contribution in [0, 0.1) is 11.7 Å². The number of nitrogens with zero attached hydrogens (tertiary/aromatic N) is 2. The van der Waals surface area contributed by atoms with Crippen molar-refractivity contribution in [3.63, 3.8) is 0 Å². The highest BCUT2D eigenvalue weighted by molar-refractivity contribution is 5.94. The van der Waals surface area contributed by atoms with E-state index in [0.29, 0.717) is 12.0 Å². The Morgan fingerprint density at radius 2 is 2.17 bits per heavy atom. The molecule has 18 heavy (non-hydrogen) atoms. The van der Waals surface area contributed by atoms with Crippen molar-refractivity contribution in [3.8, 4) is 0 Å². The van der Waals surface area contributed by atoms with Crippen molar-refractivity contribution in [2.24, 2.45) is 5.92 Å². The largest absolute Gasteiger partial charge is 0.335 e. The standard InChI is InChI=1S/C14H17FN2O/c15-12-9-16-7-6-11(12)14(18)17-8-2-4-10-3-1-5-13(10)17/h6-7,9-10,13H,1-5,8H2. The molecule has 1 aliphatic carbocycles. The molecule has 0 aromatic carbocycles. The summed E-state index contributed by atoms with van der Waals surface area (Å²) in [5.41, 5.74) is 0.164. The van der Waals surface area contributed by atoms with Gasteiger partial charge < -0.3 is 4.90 Å². The third-order valence-corrected chi connectivity index (χ3v) is 4.26. The average molecular weight is 248 g/mol. The third-order valence-electron chi connectivity index (χ3n) is 4.26. The van der Waals surface area contributed by atoms with Crippen LogP contribution in [0.2, 0.25) is 0 Å². The molecule has 0 spiro atoms. The van der Waals surface area contributed by atoms with Crippen molar-refractivity contribution in [1.82, 2.24) is 9.88 Å². The first-order valence-electron chi connectivity index (χ1n) is 6.68. The van der Waals surface area contributed by atoms with Crippen LogP contribution in [-0.2, 0) is 0 Å². The predicted molar refractivity (Wildman–Crippen MR) is 65.6 cm³/mol. The molecule has 1 saturated carbocycles. The molecule has 96 valence electrons. The summed E-state index contributed by atoms with van der Waals surface area (Å²) < 4.78 is 13.6. The van der Waals surface area contributed by atoms with E-state index in [9.17, 15) is 9.18 Å². The van der Waals surface area contributed by atoms with E-state index in [-0.39, 0.29) is 11.5 Å². The minimum absolute atomic E-state index is 0.161. The van der Waals surface area contributed by atoms with Crippen molar-refractivity contribution in [2.75, 3.05) is 6.54 Å². The van der Waals surface area contributed by atoms with Gasteiger partial charge in [-0.2, -0.15) is 0 Å². The highest BCUT2D eigenvalue weighted by atomic mass is 19.1. The van der Waals surface area contributed by atoms with E-state index in [4.69, 9.17) is 0 Å². The van der Waals surface area contributed by atoms with Gasteiger partial charge in [0.2, 0.25) is 0 Å². The number of hydrogen-bond acceptors (Lipinski definition) is 2. The van der Waals surface area contributed by atoms with Gasteiger partial charge in [0, 0.05) is 18.8 Å². The lowest BCUT2D eigenvalue weighted by Gasteiger charge is -2.37. The van der Waals surface area contributed by atoms with Crippen LogP contribution in [0.5, 0.6) is 0 Å². The number of hydrogen-bond donors (Lipinski definition) is 0. The second-order valence-corrected chi connectivity index (χ2v) is 5.25. The smallest absolute Gasteiger partial charge is 0.257 e. The third kappa shape index (κ3) is 1.89. The second-order valence-electron chi connectivity index (χ2n) is 5.25. The molecule has 0 radical (unpaired) electrons. The number of pyridine rings is 1. The molecule has 1 aromatic heterocycles. The molecule has 2 heterocycles. The molecule has 3 nitrogen and oxygen atoms in total. The van der Waals surface area contributed by atoms with E-state index in [1.54, 1.807) is 0 Å². The van der Waals surface area contributed by atoms with E-state index in [2.05, 4.69) is 4.98 Å². The Labute approximate surface area is 106 Å². The summed E-state index contributed by atoms with van der Waals surface area (Å²) in [5, 5.41) is 0. The molecule has 0 bridgehead atoms. The molecule has 1 aromatic rings. The first-order valence-corrected chi connectivity index (χ1v) is 6.68. The summed E-state index contributed by atoms with van der Waals surface area (Å²) in [4.78, 5) is 18.0. The number of halogens is 1. The minimum Gasteiger partial charge on any atom is -0.335 e. The Bertz CT molecular complexity index is 463. The van der Waals surface area contributed by atoms with Crippen LogP contribution >= 0.6 is 0 Å². The molecular formula is C14H17FN2O. The molecule has 2 fully saturated rings. The summed E-state index contributed by atoms with van der Waals surface area (Å²) in [6.07, 6.45) is 8.33. The first kappa shape index (κ1) is 11.6. The SMILES string of the molecule is O=C(c1ccncc1F)N1CCCC2CCCC21. The topological polar surface area (TPSA) is 33.2 Å². The van der Waals surface area contributed by atoms with Crippen LogP contribution in [0.1, 0.15) is 42.5 Å². The van der Waals surface area contributed by atoms with E-state index in [0.717, 1.165) is 25.6 Å². The Balaban J connectivity index is 1.86. The summed E-state index contributed by atoms with van der Waals surface area (Å²) in [7, 11) is 0. The first-order chi connectivity index (χ1) is 8.77. The van der Waals surface area contributed by atoms with Crippen molar-refractivity contribution >= 4 is 5.91 Å². The van der Waals surface area contributed by atoms with Gasteiger partial charge >= 0.3 is 0 Å². The summed E-state index contributed by atoms with van der Waals surface area (Å²) >= 11 is 0. The second kappa shape index (κ2) is 4.67. The maximum absolute atomic E-state index is 13.6. The normalized spacial score (nSPS) is 27.1. The lowest BCUT2D eigenvalue weighted by Crippen LogP contribution is -2.46. The Morgan fingerprint density at radius 1 is 1.33 bits per heavy atom. The van der Waals surface area contributed by atoms with Crippen LogP contribution in [0.3, 0.4) is 0 Å². The molecule has 1 saturated heterocycles. The number of likely N-dealkylation sites (tertiary alicyclic amines) is 1. The number of carbonyl (C=O) groups excluding carboxylic acids is 1. The van der Waals surface area contributed by atoms with Crippen LogP contribution in [0.25, 0.3) is 0 Å². The monoisotopic (exact) mass is 248 g/mol. The van der Waals surface area contributed by atoms with E-state index < -0.39 is 5.82 Å². The predicted octanol–water partition coefficient (Wildman–Crippen LogP) is 2.63. The zero-order valence-corrected chi connectivity index (χ0v) is 10.3. The zero-order chi connectivity index (χ0) is 12.5. The Morgan fingerprint density at radius 3 is 3.00 bits per heavy atom. The molecule has 1 aliphatic heterocycles. The lowest BCUT2D eigenvalue weighted by molar-refractivity contribution is 0.0543. The van der Waals surface area contributed by atoms with Gasteiger partial charge in [0.25, 0.3) is 5.91 Å². The number of rotatable bonds is 1. The molecule has 0 N–H and O–H groups in total. The van der Waals surface area contributed by atoms with Crippen LogP contribution in [-0.4, -0.2) is 28.4 Å². The van der Waals surface area contributed by atoms with Gasteiger partial charge in [-0.3, -0.25) is 9.78 Å². The fraction of sp³-hybridized carbons (Fsp3) is 0.571. The van der Waals surface area contributed by atoms with Gasteiger partial charge in [0.15, 0.2) is 5.82 Å². The maximum Gasteiger partial charge on any atom is 0.257 e. The fourth-order valence-corrected chi connectivity index (χ4v) is 3.41. The van der Waals surface area contributed by atoms with Crippen molar-refractivity contribution in [1.29, 1.82) is 0 Å². The van der Waals surface area contributed by atoms with E-state index >= 15 is 0 Å². The van der Waals surface area contributed by atoms with Gasteiger partial charge in [0.05, 0.1) is 11.8 Å². The average Bonchev–Trinajstić information content (AvgIpc) is 2.86. The Hall–Kier alpha value is -1.45. The lowest BCUT2D eigenvalue weighted by atomic mass is 9.91. The minimum atomic E-state index is -0.511. The molecular weight excluding hydrogens is 231 g/mol. The molecule has 3 rings (SSSR count). The summed E-state index contributed by atoms with van der Waals surface area (Å²) in [5.74, 6) is -0.0401. The highest BCUT2D eigenvalue weighted by Crippen LogP contribution is 2.37. The van der Waals surface area contributed by atoms with Crippen LogP contribution in [0.15, 0.2) is 18.5 Å². The quantitative estimate of drug-likeness (QED) is 0.765. The molecule has 2 atom stereocenters. The number of aromatic nitrogens is 1. The van der Waals surface area contributed by atoms with Crippen molar-refractivity contribution in [3.05, 3.63) is 29.8 Å². The Kier molecular flexibility index (Phi) is 3.02. The molecule has 2 unspecified atom stereocenters. The van der Waals surface area contributed by atoms with Gasteiger partial charge in [-0.25, -0.2) is 4.39 Å². The zero-order valence-electron chi connectivity index (χ0n) is 10.3. The molecule has 4 heteroatoms. The van der Waals surface area contributed by atoms with Crippen molar-refractivity contribution in [2.45, 2.75) is 38.1 Å². The fourth-order valence-electron chi connectivity index (χ4n) is 3.41. The van der Waals surface area contributed by atoms with Crippen LogP contribution in [0.4, 0.5) is 4.39 Å². The van der Waals surface area contributed by atoms with E-state index in [1.165, 1.54) is 31.5 Å². The van der Waals surface area contributed by atoms with Gasteiger partial charge in [-0.15, -0.1) is 0 Å². The molecule has 2 aliphatic rings. The highest BCUT2D eigenvalue weighted by Gasteiger charge is 2.38. The van der Waals surface area contributed by atoms with Crippen LogP contribution < -0.4 is 0 Å². The summed E-state index contributed by atoms with van der Waals surface area (Å²) in [6.45, 7) is 0.766. The van der Waals surface area contributed by atoms with Gasteiger partial charge in [-0.1, -0.05) is 6.42 Å². The van der Waals surface area contributed by atoms with E-state index in [1.807, 2.05) is 4.90 Å². The van der Waals surface area contributed by atoms with Gasteiger partial charge in [-0.05, 0) is 37.7 Å². The number of fused-ring (bicyclic) bond motifs is 1. The van der Waals surface area contributed by atoms with Gasteiger partial charge in [0.1, 0.15) is 0 Å². The summed E-state index contributed by atoms with van der Waals surface area (Å²) in [6, 6.07) is 1.81. The molecule has 1 amide bonds. The van der Waals surface area contributed by atoms with Crippen molar-refractivity contribution < 1.29 is 9.18 Å².